The lowest BCUT2D eigenvalue weighted by atomic mass is 10.1. The second-order valence-electron chi connectivity index (χ2n) is 5.35. The molecule has 2 aromatic rings. The fourth-order valence-corrected chi connectivity index (χ4v) is 1.50. The van der Waals surface area contributed by atoms with Crippen molar-refractivity contribution in [1.29, 1.82) is 0 Å². The van der Waals surface area contributed by atoms with Gasteiger partial charge in [-0.2, -0.15) is 5.10 Å². The fraction of sp³-hybridized carbons (Fsp3) is 0.462. The zero-order chi connectivity index (χ0) is 13.0. The SMILES string of the molecule is CC(C)(C)NCc1ccc(Cn2cncn2)nc1. The first kappa shape index (κ1) is 12.7. The number of rotatable bonds is 4. The molecule has 0 fully saturated rings. The van der Waals surface area contributed by atoms with E-state index in [1.165, 1.54) is 11.9 Å². The van der Waals surface area contributed by atoms with E-state index >= 15 is 0 Å². The van der Waals surface area contributed by atoms with Crippen LogP contribution in [-0.2, 0) is 13.1 Å². The quantitative estimate of drug-likeness (QED) is 0.889. The van der Waals surface area contributed by atoms with E-state index in [-0.39, 0.29) is 5.54 Å². The Hall–Kier alpha value is -1.75. The lowest BCUT2D eigenvalue weighted by Gasteiger charge is -2.20. The molecule has 1 N–H and O–H groups in total. The van der Waals surface area contributed by atoms with Crippen LogP contribution >= 0.6 is 0 Å². The number of nitrogens with zero attached hydrogens (tertiary/aromatic N) is 4. The van der Waals surface area contributed by atoms with E-state index in [0.29, 0.717) is 6.54 Å². The first-order valence-corrected chi connectivity index (χ1v) is 6.04. The van der Waals surface area contributed by atoms with Gasteiger partial charge in [0.25, 0.3) is 0 Å². The molecular weight excluding hydrogens is 226 g/mol. The van der Waals surface area contributed by atoms with Gasteiger partial charge in [0.05, 0.1) is 12.2 Å². The predicted octanol–water partition coefficient (Wildman–Crippen LogP) is 1.61. The Balaban J connectivity index is 1.93. The van der Waals surface area contributed by atoms with Crippen LogP contribution in [0.5, 0.6) is 0 Å². The molecule has 0 aromatic carbocycles. The van der Waals surface area contributed by atoms with Crippen molar-refractivity contribution in [2.45, 2.75) is 39.4 Å². The number of hydrogen-bond acceptors (Lipinski definition) is 4. The van der Waals surface area contributed by atoms with Crippen LogP contribution in [0.15, 0.2) is 31.0 Å². The van der Waals surface area contributed by atoms with Crippen molar-refractivity contribution in [2.75, 3.05) is 0 Å². The van der Waals surface area contributed by atoms with Crippen LogP contribution < -0.4 is 5.32 Å². The predicted molar refractivity (Wildman–Crippen MR) is 70.0 cm³/mol. The minimum absolute atomic E-state index is 0.124. The third-order valence-corrected chi connectivity index (χ3v) is 2.50. The molecule has 5 heteroatoms. The van der Waals surface area contributed by atoms with Gasteiger partial charge >= 0.3 is 0 Å². The Morgan fingerprint density at radius 1 is 1.28 bits per heavy atom. The van der Waals surface area contributed by atoms with Crippen molar-refractivity contribution in [3.05, 3.63) is 42.2 Å². The van der Waals surface area contributed by atoms with Gasteiger partial charge in [0.15, 0.2) is 0 Å². The van der Waals surface area contributed by atoms with Gasteiger partial charge in [-0.15, -0.1) is 0 Å². The van der Waals surface area contributed by atoms with E-state index in [2.05, 4.69) is 47.2 Å². The number of pyridine rings is 1. The summed E-state index contributed by atoms with van der Waals surface area (Å²) in [6.45, 7) is 7.95. The monoisotopic (exact) mass is 245 g/mol. The van der Waals surface area contributed by atoms with Gasteiger partial charge in [0, 0.05) is 18.3 Å². The summed E-state index contributed by atoms with van der Waals surface area (Å²) in [4.78, 5) is 8.33. The zero-order valence-electron chi connectivity index (χ0n) is 11.1. The average Bonchev–Trinajstić information content (AvgIpc) is 2.80. The van der Waals surface area contributed by atoms with E-state index in [1.54, 1.807) is 11.0 Å². The largest absolute Gasteiger partial charge is 0.308 e. The summed E-state index contributed by atoms with van der Waals surface area (Å²) in [7, 11) is 0. The van der Waals surface area contributed by atoms with Gasteiger partial charge in [0.2, 0.25) is 0 Å². The maximum atomic E-state index is 4.43. The molecule has 0 amide bonds. The molecule has 5 nitrogen and oxygen atoms in total. The molecule has 0 aliphatic carbocycles. The highest BCUT2D eigenvalue weighted by Gasteiger charge is 2.08. The van der Waals surface area contributed by atoms with E-state index < -0.39 is 0 Å². The Bertz CT molecular complexity index is 467. The summed E-state index contributed by atoms with van der Waals surface area (Å²) in [6.07, 6.45) is 5.13. The van der Waals surface area contributed by atoms with Gasteiger partial charge in [-0.05, 0) is 32.4 Å². The minimum Gasteiger partial charge on any atom is -0.308 e. The van der Waals surface area contributed by atoms with Crippen molar-refractivity contribution in [1.82, 2.24) is 25.1 Å². The fourth-order valence-electron chi connectivity index (χ4n) is 1.50. The first-order valence-electron chi connectivity index (χ1n) is 6.04. The summed E-state index contributed by atoms with van der Waals surface area (Å²) in [6, 6.07) is 4.12. The van der Waals surface area contributed by atoms with E-state index in [4.69, 9.17) is 0 Å². The third kappa shape index (κ3) is 3.92. The summed E-state index contributed by atoms with van der Waals surface area (Å²) >= 11 is 0. The van der Waals surface area contributed by atoms with Crippen molar-refractivity contribution < 1.29 is 0 Å². The van der Waals surface area contributed by atoms with E-state index in [1.807, 2.05) is 12.3 Å². The van der Waals surface area contributed by atoms with Crippen molar-refractivity contribution in [3.8, 4) is 0 Å². The van der Waals surface area contributed by atoms with E-state index in [9.17, 15) is 0 Å². The first-order chi connectivity index (χ1) is 8.53. The highest BCUT2D eigenvalue weighted by molar-refractivity contribution is 5.14. The van der Waals surface area contributed by atoms with Crippen LogP contribution in [0.3, 0.4) is 0 Å². The van der Waals surface area contributed by atoms with Crippen LogP contribution in [0.1, 0.15) is 32.0 Å². The molecule has 18 heavy (non-hydrogen) atoms. The highest BCUT2D eigenvalue weighted by atomic mass is 15.3. The van der Waals surface area contributed by atoms with Gasteiger partial charge < -0.3 is 5.32 Å². The normalized spacial score (nSPS) is 11.7. The molecule has 0 bridgehead atoms. The molecule has 0 saturated carbocycles. The van der Waals surface area contributed by atoms with Crippen LogP contribution in [0.25, 0.3) is 0 Å². The number of hydrogen-bond donors (Lipinski definition) is 1. The molecule has 0 saturated heterocycles. The second kappa shape index (κ2) is 5.27. The van der Waals surface area contributed by atoms with Crippen LogP contribution in [0.4, 0.5) is 0 Å². The molecule has 2 aromatic heterocycles. The molecule has 0 atom stereocenters. The second-order valence-corrected chi connectivity index (χ2v) is 5.35. The van der Waals surface area contributed by atoms with Gasteiger partial charge in [0.1, 0.15) is 12.7 Å². The van der Waals surface area contributed by atoms with Gasteiger partial charge in [-0.3, -0.25) is 4.98 Å². The van der Waals surface area contributed by atoms with Crippen molar-refractivity contribution in [2.24, 2.45) is 0 Å². The smallest absolute Gasteiger partial charge is 0.137 e. The molecule has 0 spiro atoms. The zero-order valence-corrected chi connectivity index (χ0v) is 11.1. The van der Waals surface area contributed by atoms with Crippen molar-refractivity contribution in [3.63, 3.8) is 0 Å². The third-order valence-electron chi connectivity index (χ3n) is 2.50. The summed E-state index contributed by atoms with van der Waals surface area (Å²) in [5, 5.41) is 7.49. The standard InChI is InChI=1S/C13H19N5/c1-13(2,3)16-7-11-4-5-12(15-6-11)8-18-10-14-9-17-18/h4-6,9-10,16H,7-8H2,1-3H3. The Morgan fingerprint density at radius 3 is 2.67 bits per heavy atom. The van der Waals surface area contributed by atoms with E-state index in [0.717, 1.165) is 12.2 Å². The lowest BCUT2D eigenvalue weighted by Crippen LogP contribution is -2.35. The summed E-state index contributed by atoms with van der Waals surface area (Å²) < 4.78 is 1.76. The summed E-state index contributed by atoms with van der Waals surface area (Å²) in [5.41, 5.74) is 2.30. The topological polar surface area (TPSA) is 55.6 Å². The van der Waals surface area contributed by atoms with Crippen LogP contribution in [0, 0.1) is 0 Å². The maximum absolute atomic E-state index is 4.43. The molecule has 0 radical (unpaired) electrons. The molecule has 0 unspecified atom stereocenters. The molecular formula is C13H19N5. The Labute approximate surface area is 107 Å². The lowest BCUT2D eigenvalue weighted by molar-refractivity contribution is 0.424. The maximum Gasteiger partial charge on any atom is 0.137 e. The minimum atomic E-state index is 0.124. The molecule has 96 valence electrons. The van der Waals surface area contributed by atoms with Gasteiger partial charge in [-0.25, -0.2) is 9.67 Å². The summed E-state index contributed by atoms with van der Waals surface area (Å²) in [5.74, 6) is 0. The van der Waals surface area contributed by atoms with Crippen LogP contribution in [0.2, 0.25) is 0 Å². The highest BCUT2D eigenvalue weighted by Crippen LogP contribution is 2.05. The molecule has 2 rings (SSSR count). The molecule has 2 heterocycles. The number of aromatic nitrogens is 4. The van der Waals surface area contributed by atoms with Crippen molar-refractivity contribution >= 4 is 0 Å². The average molecular weight is 245 g/mol. The Morgan fingerprint density at radius 2 is 2.11 bits per heavy atom. The van der Waals surface area contributed by atoms with Gasteiger partial charge in [-0.1, -0.05) is 6.07 Å². The van der Waals surface area contributed by atoms with Crippen LogP contribution in [-0.4, -0.2) is 25.3 Å². The molecule has 0 aliphatic heterocycles. The number of nitrogens with one attached hydrogen (secondary N) is 1. The molecule has 0 aliphatic rings. The Kier molecular flexibility index (Phi) is 3.72.